The normalized spacial score (nSPS) is 27.9. The average Bonchev–Trinajstić information content (AvgIpc) is 2.86. The Bertz CT molecular complexity index is 735. The number of amides is 1. The number of hydrogen-bond donors (Lipinski definition) is 2. The fourth-order valence-corrected chi connectivity index (χ4v) is 4.37. The Labute approximate surface area is 159 Å². The lowest BCUT2D eigenvalue weighted by Crippen LogP contribution is -2.48. The summed E-state index contributed by atoms with van der Waals surface area (Å²) in [6.07, 6.45) is 5.46. The quantitative estimate of drug-likeness (QED) is 0.815. The molecule has 5 nitrogen and oxygen atoms in total. The van der Waals surface area contributed by atoms with Crippen molar-refractivity contribution >= 4 is 47.5 Å². The van der Waals surface area contributed by atoms with Crippen LogP contribution < -0.4 is 11.1 Å². The molecule has 25 heavy (non-hydrogen) atoms. The lowest BCUT2D eigenvalue weighted by Gasteiger charge is -2.43. The van der Waals surface area contributed by atoms with Crippen LogP contribution in [0.3, 0.4) is 0 Å². The number of anilines is 1. The summed E-state index contributed by atoms with van der Waals surface area (Å²) in [5, 5.41) is 3.06. The van der Waals surface area contributed by atoms with Crippen LogP contribution in [-0.2, 0) is 4.79 Å². The van der Waals surface area contributed by atoms with Crippen LogP contribution in [0.5, 0.6) is 0 Å². The van der Waals surface area contributed by atoms with Gasteiger partial charge in [0.1, 0.15) is 5.52 Å². The number of nitrogens with one attached hydrogen (secondary N) is 1. The van der Waals surface area contributed by atoms with Gasteiger partial charge in [-0.3, -0.25) is 4.79 Å². The second-order valence-electron chi connectivity index (χ2n) is 7.10. The molecule has 1 aromatic carbocycles. The smallest absolute Gasteiger partial charge is 0.227 e. The van der Waals surface area contributed by atoms with E-state index in [9.17, 15) is 4.79 Å². The molecule has 1 aromatic heterocycles. The van der Waals surface area contributed by atoms with Crippen LogP contribution in [0.2, 0.25) is 0 Å². The van der Waals surface area contributed by atoms with Crippen molar-refractivity contribution in [3.63, 3.8) is 0 Å². The summed E-state index contributed by atoms with van der Waals surface area (Å²) in [6, 6.07) is 5.90. The SMILES string of the molecule is Cc1nc2cc(NC(=O)C3CC4CCCC(C3)C4N)ccc2o1.Cl.Cl. The van der Waals surface area contributed by atoms with Crippen LogP contribution in [0.1, 0.15) is 38.0 Å². The molecule has 2 saturated carbocycles. The van der Waals surface area contributed by atoms with Gasteiger partial charge in [0.2, 0.25) is 5.91 Å². The topological polar surface area (TPSA) is 81.2 Å². The Hall–Kier alpha value is -1.30. The zero-order valence-corrected chi connectivity index (χ0v) is 15.9. The van der Waals surface area contributed by atoms with Crippen molar-refractivity contribution < 1.29 is 9.21 Å². The Morgan fingerprint density at radius 2 is 1.92 bits per heavy atom. The number of benzene rings is 1. The number of nitrogens with two attached hydrogens (primary N) is 1. The number of carbonyl (C=O) groups excluding carboxylic acids is 1. The summed E-state index contributed by atoms with van der Waals surface area (Å²) >= 11 is 0. The maximum absolute atomic E-state index is 12.7. The molecule has 7 heteroatoms. The molecule has 0 saturated heterocycles. The molecule has 2 aliphatic carbocycles. The minimum absolute atomic E-state index is 0. The summed E-state index contributed by atoms with van der Waals surface area (Å²) < 4.78 is 5.47. The maximum Gasteiger partial charge on any atom is 0.227 e. The summed E-state index contributed by atoms with van der Waals surface area (Å²) in [4.78, 5) is 17.0. The molecule has 0 aliphatic heterocycles. The van der Waals surface area contributed by atoms with E-state index in [2.05, 4.69) is 10.3 Å². The third-order valence-electron chi connectivity index (χ3n) is 5.55. The van der Waals surface area contributed by atoms with Gasteiger partial charge in [-0.15, -0.1) is 24.8 Å². The lowest BCUT2D eigenvalue weighted by atomic mass is 9.65. The number of aromatic nitrogens is 1. The molecule has 2 atom stereocenters. The molecule has 1 amide bonds. The molecule has 1 heterocycles. The first kappa shape index (κ1) is 20.0. The first-order chi connectivity index (χ1) is 11.1. The van der Waals surface area contributed by atoms with Crippen molar-refractivity contribution in [2.24, 2.45) is 23.5 Å². The molecule has 2 unspecified atom stereocenters. The minimum atomic E-state index is 0. The van der Waals surface area contributed by atoms with E-state index in [1.165, 1.54) is 19.3 Å². The van der Waals surface area contributed by atoms with Gasteiger partial charge in [-0.2, -0.15) is 0 Å². The van der Waals surface area contributed by atoms with Crippen LogP contribution in [0.4, 0.5) is 5.69 Å². The van der Waals surface area contributed by atoms with Gasteiger partial charge in [-0.1, -0.05) is 6.42 Å². The van der Waals surface area contributed by atoms with Crippen molar-refractivity contribution in [3.8, 4) is 0 Å². The molecule has 4 rings (SSSR count). The van der Waals surface area contributed by atoms with Gasteiger partial charge in [-0.05, 0) is 55.7 Å². The van der Waals surface area contributed by atoms with Crippen LogP contribution in [-0.4, -0.2) is 16.9 Å². The predicted molar refractivity (Wildman–Crippen MR) is 103 cm³/mol. The first-order valence-corrected chi connectivity index (χ1v) is 8.54. The number of hydrogen-bond acceptors (Lipinski definition) is 4. The van der Waals surface area contributed by atoms with Crippen LogP contribution in [0.25, 0.3) is 11.1 Å². The summed E-state index contributed by atoms with van der Waals surface area (Å²) in [7, 11) is 0. The largest absolute Gasteiger partial charge is 0.441 e. The van der Waals surface area contributed by atoms with Gasteiger partial charge < -0.3 is 15.5 Å². The molecular weight excluding hydrogens is 361 g/mol. The summed E-state index contributed by atoms with van der Waals surface area (Å²) in [6.45, 7) is 1.82. The second kappa shape index (κ2) is 7.94. The van der Waals surface area contributed by atoms with Crippen LogP contribution in [0.15, 0.2) is 22.6 Å². The maximum atomic E-state index is 12.7. The van der Waals surface area contributed by atoms with Gasteiger partial charge in [0.25, 0.3) is 0 Å². The molecule has 2 aromatic rings. The van der Waals surface area contributed by atoms with E-state index in [-0.39, 0.29) is 36.6 Å². The first-order valence-electron chi connectivity index (χ1n) is 8.54. The summed E-state index contributed by atoms with van der Waals surface area (Å²) in [5.74, 6) is 1.86. The Balaban J connectivity index is 0.00000113. The molecule has 0 radical (unpaired) electrons. The van der Waals surface area contributed by atoms with Gasteiger partial charge in [-0.25, -0.2) is 4.98 Å². The Morgan fingerprint density at radius 1 is 1.24 bits per heavy atom. The number of carbonyl (C=O) groups is 1. The highest BCUT2D eigenvalue weighted by Gasteiger charge is 2.40. The van der Waals surface area contributed by atoms with E-state index < -0.39 is 0 Å². The molecule has 2 fully saturated rings. The molecule has 2 aliphatic rings. The second-order valence-corrected chi connectivity index (χ2v) is 7.10. The van der Waals surface area contributed by atoms with Crippen molar-refractivity contribution in [1.29, 1.82) is 0 Å². The standard InChI is InChI=1S/C18H23N3O2.2ClH/c1-10-20-15-9-14(5-6-16(15)23-10)21-18(22)13-7-11-3-2-4-12(8-13)17(11)19;;/h5-6,9,11-13,17H,2-4,7-8,19H2,1H3,(H,21,22);2*1H. The van der Waals surface area contributed by atoms with E-state index in [1.807, 2.05) is 25.1 Å². The fraction of sp³-hybridized carbons (Fsp3) is 0.556. The molecule has 0 spiro atoms. The number of oxazole rings is 1. The van der Waals surface area contributed by atoms with Crippen LogP contribution in [0, 0.1) is 24.7 Å². The highest BCUT2D eigenvalue weighted by molar-refractivity contribution is 5.94. The number of halogens is 2. The zero-order chi connectivity index (χ0) is 16.0. The number of aryl methyl sites for hydroxylation is 1. The Morgan fingerprint density at radius 3 is 2.60 bits per heavy atom. The van der Waals surface area contributed by atoms with E-state index >= 15 is 0 Å². The van der Waals surface area contributed by atoms with Crippen molar-refractivity contribution in [1.82, 2.24) is 4.98 Å². The zero-order valence-electron chi connectivity index (χ0n) is 14.2. The van der Waals surface area contributed by atoms with E-state index in [0.29, 0.717) is 23.8 Å². The lowest BCUT2D eigenvalue weighted by molar-refractivity contribution is -0.122. The van der Waals surface area contributed by atoms with Gasteiger partial charge in [0, 0.05) is 24.6 Å². The predicted octanol–water partition coefficient (Wildman–Crippen LogP) is 4.07. The number of rotatable bonds is 2. The number of nitrogens with zero attached hydrogens (tertiary/aromatic N) is 1. The molecule has 3 N–H and O–H groups in total. The summed E-state index contributed by atoms with van der Waals surface area (Å²) in [5.41, 5.74) is 8.63. The monoisotopic (exact) mass is 385 g/mol. The fourth-order valence-electron chi connectivity index (χ4n) is 4.37. The third kappa shape index (κ3) is 3.94. The van der Waals surface area contributed by atoms with Gasteiger partial charge in [0.15, 0.2) is 11.5 Å². The molecule has 138 valence electrons. The van der Waals surface area contributed by atoms with E-state index in [4.69, 9.17) is 10.2 Å². The van der Waals surface area contributed by atoms with E-state index in [1.54, 1.807) is 0 Å². The third-order valence-corrected chi connectivity index (χ3v) is 5.55. The van der Waals surface area contributed by atoms with Crippen LogP contribution >= 0.6 is 24.8 Å². The highest BCUT2D eigenvalue weighted by atomic mass is 35.5. The Kier molecular flexibility index (Phi) is 6.35. The minimum Gasteiger partial charge on any atom is -0.441 e. The molecule has 2 bridgehead atoms. The molecular formula is C18H25Cl2N3O2. The number of fused-ring (bicyclic) bond motifs is 3. The average molecular weight is 386 g/mol. The van der Waals surface area contributed by atoms with Gasteiger partial charge in [0.05, 0.1) is 0 Å². The van der Waals surface area contributed by atoms with Crippen molar-refractivity contribution in [2.75, 3.05) is 5.32 Å². The van der Waals surface area contributed by atoms with Crippen molar-refractivity contribution in [2.45, 2.75) is 45.1 Å². The van der Waals surface area contributed by atoms with E-state index in [0.717, 1.165) is 29.6 Å². The highest BCUT2D eigenvalue weighted by Crippen LogP contribution is 2.42. The van der Waals surface area contributed by atoms with Gasteiger partial charge >= 0.3 is 0 Å². The van der Waals surface area contributed by atoms with Crippen molar-refractivity contribution in [3.05, 3.63) is 24.1 Å².